The van der Waals surface area contributed by atoms with Gasteiger partial charge < -0.3 is 15.8 Å². The van der Waals surface area contributed by atoms with Crippen molar-refractivity contribution in [2.45, 2.75) is 26.4 Å². The fourth-order valence-corrected chi connectivity index (χ4v) is 2.98. The number of amidine groups is 1. The molecule has 0 aliphatic rings. The highest BCUT2D eigenvalue weighted by Gasteiger charge is 2.20. The molecule has 2 aromatic carbocycles. The summed E-state index contributed by atoms with van der Waals surface area (Å²) in [4.78, 5) is 6.72. The molecule has 5 nitrogen and oxygen atoms in total. The molecular weight excluding hydrogens is 312 g/mol. The summed E-state index contributed by atoms with van der Waals surface area (Å²) in [6.07, 6.45) is 1.67. The number of hydrogen-bond acceptors (Lipinski definition) is 4. The van der Waals surface area contributed by atoms with Crippen LogP contribution in [0.15, 0.2) is 65.9 Å². The Labute approximate surface area is 147 Å². The number of rotatable bonds is 5. The van der Waals surface area contributed by atoms with Crippen molar-refractivity contribution >= 4 is 22.4 Å². The van der Waals surface area contributed by atoms with E-state index in [0.717, 1.165) is 23.1 Å². The topological polar surface area (TPSA) is 74.7 Å². The molecule has 0 aliphatic carbocycles. The van der Waals surface area contributed by atoms with E-state index >= 15 is 0 Å². The lowest BCUT2D eigenvalue weighted by Gasteiger charge is -2.32. The van der Waals surface area contributed by atoms with Crippen LogP contribution in [0.1, 0.15) is 25.0 Å². The number of hydrogen-bond donors (Lipinski definition) is 2. The third-order valence-electron chi connectivity index (χ3n) is 4.24. The van der Waals surface area contributed by atoms with E-state index in [9.17, 15) is 5.21 Å². The van der Waals surface area contributed by atoms with Gasteiger partial charge in [0.25, 0.3) is 0 Å². The molecule has 0 saturated carbocycles. The zero-order chi connectivity index (χ0) is 17.8. The molecule has 3 N–H and O–H groups in total. The summed E-state index contributed by atoms with van der Waals surface area (Å²) in [5.74, 6) is 0.0620. The van der Waals surface area contributed by atoms with Gasteiger partial charge in [-0.15, -0.1) is 0 Å². The lowest BCUT2D eigenvalue weighted by molar-refractivity contribution is 0.318. The number of benzene rings is 2. The van der Waals surface area contributed by atoms with E-state index in [2.05, 4.69) is 41.0 Å². The van der Waals surface area contributed by atoms with Crippen LogP contribution < -0.4 is 10.6 Å². The van der Waals surface area contributed by atoms with E-state index in [-0.39, 0.29) is 11.9 Å². The molecule has 25 heavy (non-hydrogen) atoms. The number of oxime groups is 1. The van der Waals surface area contributed by atoms with Crippen LogP contribution in [0.25, 0.3) is 10.9 Å². The molecule has 1 heterocycles. The second-order valence-electron chi connectivity index (χ2n) is 6.23. The Kier molecular flexibility index (Phi) is 4.84. The number of fused-ring (bicyclic) bond motifs is 1. The lowest BCUT2D eigenvalue weighted by Crippen LogP contribution is -2.33. The minimum Gasteiger partial charge on any atom is -0.409 e. The summed E-state index contributed by atoms with van der Waals surface area (Å²) >= 11 is 0. The van der Waals surface area contributed by atoms with Crippen LogP contribution in [-0.4, -0.2) is 22.1 Å². The molecule has 0 radical (unpaired) electrons. The maximum absolute atomic E-state index is 9.21. The molecule has 0 aliphatic heterocycles. The minimum atomic E-state index is 0.0620. The highest BCUT2D eigenvalue weighted by atomic mass is 16.4. The van der Waals surface area contributed by atoms with Gasteiger partial charge in [-0.3, -0.25) is 4.98 Å². The van der Waals surface area contributed by atoms with Gasteiger partial charge in [0.05, 0.1) is 16.8 Å². The number of anilines is 1. The maximum atomic E-state index is 9.21. The molecule has 128 valence electrons. The molecule has 0 spiro atoms. The first-order chi connectivity index (χ1) is 12.1. The summed E-state index contributed by atoms with van der Waals surface area (Å²) in [7, 11) is 0. The average molecular weight is 334 g/mol. The monoisotopic (exact) mass is 334 g/mol. The third kappa shape index (κ3) is 3.40. The molecule has 0 amide bonds. The minimum absolute atomic E-state index is 0.0620. The summed E-state index contributed by atoms with van der Waals surface area (Å²) in [5, 5.41) is 13.4. The Bertz CT molecular complexity index is 891. The fourth-order valence-electron chi connectivity index (χ4n) is 2.98. The smallest absolute Gasteiger partial charge is 0.173 e. The predicted molar refractivity (Wildman–Crippen MR) is 102 cm³/mol. The van der Waals surface area contributed by atoms with Crippen molar-refractivity contribution in [2.24, 2.45) is 10.9 Å². The molecular formula is C20H22N4O. The first-order valence-corrected chi connectivity index (χ1v) is 8.28. The molecule has 0 atom stereocenters. The van der Waals surface area contributed by atoms with E-state index in [1.807, 2.05) is 42.5 Å². The van der Waals surface area contributed by atoms with Crippen molar-refractivity contribution < 1.29 is 5.21 Å². The predicted octanol–water partition coefficient (Wildman–Crippen LogP) is 3.74. The molecule has 3 aromatic rings. The van der Waals surface area contributed by atoms with E-state index in [1.54, 1.807) is 6.20 Å². The second kappa shape index (κ2) is 7.21. The fraction of sp³-hybridized carbons (Fsp3) is 0.200. The second-order valence-corrected chi connectivity index (χ2v) is 6.23. The Hall–Kier alpha value is -3.08. The Morgan fingerprint density at radius 1 is 1.12 bits per heavy atom. The van der Waals surface area contributed by atoms with Gasteiger partial charge in [-0.2, -0.15) is 0 Å². The Balaban J connectivity index is 2.21. The number of pyridine rings is 1. The number of aromatic nitrogens is 1. The highest BCUT2D eigenvalue weighted by molar-refractivity contribution is 6.08. The Morgan fingerprint density at radius 2 is 1.80 bits per heavy atom. The lowest BCUT2D eigenvalue weighted by atomic mass is 10.0. The van der Waals surface area contributed by atoms with Gasteiger partial charge in [0.15, 0.2) is 5.84 Å². The first kappa shape index (κ1) is 16.8. The normalized spacial score (nSPS) is 11.9. The van der Waals surface area contributed by atoms with Crippen LogP contribution in [0.2, 0.25) is 0 Å². The van der Waals surface area contributed by atoms with Crippen molar-refractivity contribution in [3.05, 3.63) is 71.9 Å². The molecule has 0 bridgehead atoms. The molecule has 3 rings (SSSR count). The number of nitrogens with two attached hydrogens (primary N) is 1. The van der Waals surface area contributed by atoms with Gasteiger partial charge in [-0.05, 0) is 25.5 Å². The van der Waals surface area contributed by atoms with Gasteiger partial charge in [0.1, 0.15) is 0 Å². The van der Waals surface area contributed by atoms with Gasteiger partial charge >= 0.3 is 0 Å². The van der Waals surface area contributed by atoms with Crippen LogP contribution in [0.3, 0.4) is 0 Å². The summed E-state index contributed by atoms with van der Waals surface area (Å²) < 4.78 is 0. The van der Waals surface area contributed by atoms with E-state index in [0.29, 0.717) is 5.56 Å². The van der Waals surface area contributed by atoms with Crippen LogP contribution in [0.4, 0.5) is 5.69 Å². The van der Waals surface area contributed by atoms with Gasteiger partial charge in [0.2, 0.25) is 0 Å². The molecule has 0 saturated heterocycles. The van der Waals surface area contributed by atoms with Crippen LogP contribution in [0.5, 0.6) is 0 Å². The molecule has 5 heteroatoms. The average Bonchev–Trinajstić information content (AvgIpc) is 2.65. The quantitative estimate of drug-likeness (QED) is 0.322. The standard InChI is InChI=1S/C20H22N4O/c1-14(2)24(13-15-8-4-3-5-9-15)19-16-10-6-7-11-18(16)22-12-17(19)20(21)23-25/h3-12,14,25H,13H2,1-2H3,(H2,21,23). The van der Waals surface area contributed by atoms with Gasteiger partial charge in [0, 0.05) is 24.2 Å². The summed E-state index contributed by atoms with van der Waals surface area (Å²) in [6.45, 7) is 4.99. The van der Waals surface area contributed by atoms with E-state index in [4.69, 9.17) is 5.73 Å². The zero-order valence-electron chi connectivity index (χ0n) is 14.4. The van der Waals surface area contributed by atoms with E-state index < -0.39 is 0 Å². The van der Waals surface area contributed by atoms with Crippen LogP contribution in [0, 0.1) is 0 Å². The van der Waals surface area contributed by atoms with Crippen molar-refractivity contribution in [3.63, 3.8) is 0 Å². The van der Waals surface area contributed by atoms with Crippen molar-refractivity contribution in [1.82, 2.24) is 4.98 Å². The van der Waals surface area contributed by atoms with Crippen molar-refractivity contribution in [2.75, 3.05) is 4.90 Å². The summed E-state index contributed by atoms with van der Waals surface area (Å²) in [6, 6.07) is 18.4. The zero-order valence-corrected chi connectivity index (χ0v) is 14.4. The van der Waals surface area contributed by atoms with Crippen molar-refractivity contribution in [1.29, 1.82) is 0 Å². The third-order valence-corrected chi connectivity index (χ3v) is 4.24. The number of para-hydroxylation sites is 1. The Morgan fingerprint density at radius 3 is 2.48 bits per heavy atom. The highest BCUT2D eigenvalue weighted by Crippen LogP contribution is 2.32. The largest absolute Gasteiger partial charge is 0.409 e. The van der Waals surface area contributed by atoms with Crippen LogP contribution >= 0.6 is 0 Å². The van der Waals surface area contributed by atoms with Gasteiger partial charge in [-0.25, -0.2) is 0 Å². The van der Waals surface area contributed by atoms with Crippen molar-refractivity contribution in [3.8, 4) is 0 Å². The van der Waals surface area contributed by atoms with Crippen LogP contribution in [-0.2, 0) is 6.54 Å². The SMILES string of the molecule is CC(C)N(Cc1ccccc1)c1c(/C(N)=N/O)cnc2ccccc12. The molecule has 0 fully saturated rings. The maximum Gasteiger partial charge on any atom is 0.173 e. The first-order valence-electron chi connectivity index (χ1n) is 8.28. The molecule has 1 aromatic heterocycles. The summed E-state index contributed by atoms with van der Waals surface area (Å²) in [5.41, 5.74) is 9.59. The van der Waals surface area contributed by atoms with E-state index in [1.165, 1.54) is 5.56 Å². The number of nitrogens with zero attached hydrogens (tertiary/aromatic N) is 3. The molecule has 0 unspecified atom stereocenters. The van der Waals surface area contributed by atoms with Gasteiger partial charge in [-0.1, -0.05) is 53.7 Å².